The van der Waals surface area contributed by atoms with Crippen LogP contribution >= 0.6 is 0 Å². The predicted molar refractivity (Wildman–Crippen MR) is 136 cm³/mol. The van der Waals surface area contributed by atoms with Crippen LogP contribution in [-0.4, -0.2) is 38.2 Å². The van der Waals surface area contributed by atoms with Crippen LogP contribution in [0.25, 0.3) is 0 Å². The lowest BCUT2D eigenvalue weighted by Crippen LogP contribution is -2.49. The maximum Gasteiger partial charge on any atom is 0.331 e. The van der Waals surface area contributed by atoms with E-state index in [4.69, 9.17) is 9.47 Å². The summed E-state index contributed by atoms with van der Waals surface area (Å²) >= 11 is 0. The average molecular weight is 450 g/mol. The minimum Gasteiger partial charge on any atom is -0.464 e. The van der Waals surface area contributed by atoms with Gasteiger partial charge in [0.2, 0.25) is 0 Å². The van der Waals surface area contributed by atoms with E-state index in [0.717, 1.165) is 18.4 Å². The molecule has 0 spiro atoms. The molecule has 2 rings (SSSR count). The van der Waals surface area contributed by atoms with Gasteiger partial charge in [-0.25, -0.2) is 4.79 Å². The van der Waals surface area contributed by atoms with Crippen LogP contribution in [-0.2, 0) is 26.4 Å². The number of rotatable bonds is 13. The van der Waals surface area contributed by atoms with Crippen LogP contribution in [0.5, 0.6) is 0 Å². The maximum atomic E-state index is 13.2. The van der Waals surface area contributed by atoms with Crippen molar-refractivity contribution in [2.45, 2.75) is 52.2 Å². The topological polar surface area (TPSA) is 38.8 Å². The van der Waals surface area contributed by atoms with Gasteiger partial charge in [-0.15, -0.1) is 0 Å². The van der Waals surface area contributed by atoms with Crippen LogP contribution < -0.4 is 0 Å². The lowest BCUT2D eigenvalue weighted by atomic mass is 9.82. The number of esters is 1. The highest BCUT2D eigenvalue weighted by molar-refractivity contribution is 5.83. The van der Waals surface area contributed by atoms with Gasteiger partial charge < -0.3 is 9.47 Å². The minimum absolute atomic E-state index is 0.208. The SMILES string of the molecule is CCOC(=O)C(C/C(C)=C\CC/C(C)=C/COCc1ccccc1)(c1ccccc1)N(C)C. The van der Waals surface area contributed by atoms with Crippen molar-refractivity contribution in [3.05, 3.63) is 95.1 Å². The minimum atomic E-state index is -0.839. The van der Waals surface area contributed by atoms with Gasteiger partial charge in [0.25, 0.3) is 0 Å². The molecule has 2 aromatic rings. The average Bonchev–Trinajstić information content (AvgIpc) is 2.81. The monoisotopic (exact) mass is 449 g/mol. The first-order valence-electron chi connectivity index (χ1n) is 11.7. The number of allylic oxidation sites excluding steroid dienone is 2. The molecule has 0 saturated carbocycles. The van der Waals surface area contributed by atoms with E-state index in [1.165, 1.54) is 16.7 Å². The lowest BCUT2D eigenvalue weighted by Gasteiger charge is -2.38. The number of carbonyl (C=O) groups is 1. The van der Waals surface area contributed by atoms with E-state index in [9.17, 15) is 4.79 Å². The van der Waals surface area contributed by atoms with Gasteiger partial charge in [-0.2, -0.15) is 0 Å². The Morgan fingerprint density at radius 1 is 0.939 bits per heavy atom. The summed E-state index contributed by atoms with van der Waals surface area (Å²) in [6.45, 7) is 7.70. The summed E-state index contributed by atoms with van der Waals surface area (Å²) in [6.07, 6.45) is 6.87. The Kier molecular flexibility index (Phi) is 11.1. The molecule has 0 amide bonds. The number of carbonyl (C=O) groups excluding carboxylic acids is 1. The third-order valence-electron chi connectivity index (χ3n) is 5.86. The molecule has 0 heterocycles. The fraction of sp³-hybridized carbons (Fsp3) is 0.414. The van der Waals surface area contributed by atoms with Gasteiger partial charge in [0, 0.05) is 6.42 Å². The highest BCUT2D eigenvalue weighted by Crippen LogP contribution is 2.35. The van der Waals surface area contributed by atoms with Crippen LogP contribution in [0.3, 0.4) is 0 Å². The first-order chi connectivity index (χ1) is 15.9. The maximum absolute atomic E-state index is 13.2. The molecule has 1 atom stereocenters. The molecule has 1 unspecified atom stereocenters. The summed E-state index contributed by atoms with van der Waals surface area (Å²) in [7, 11) is 3.89. The van der Waals surface area contributed by atoms with E-state index >= 15 is 0 Å². The number of ether oxygens (including phenoxy) is 2. The Hall–Kier alpha value is -2.69. The summed E-state index contributed by atoms with van der Waals surface area (Å²) in [6, 6.07) is 20.1. The fourth-order valence-electron chi connectivity index (χ4n) is 3.93. The van der Waals surface area contributed by atoms with E-state index in [1.54, 1.807) is 0 Å². The van der Waals surface area contributed by atoms with Crippen molar-refractivity contribution >= 4 is 5.97 Å². The van der Waals surface area contributed by atoms with Crippen molar-refractivity contribution in [3.63, 3.8) is 0 Å². The second-order valence-electron chi connectivity index (χ2n) is 8.66. The third-order valence-corrected chi connectivity index (χ3v) is 5.86. The predicted octanol–water partition coefficient (Wildman–Crippen LogP) is 6.29. The normalized spacial score (nSPS) is 14.2. The number of likely N-dealkylation sites (N-methyl/N-ethyl adjacent to an activating group) is 1. The molecule has 0 aliphatic heterocycles. The Morgan fingerprint density at radius 3 is 2.18 bits per heavy atom. The largest absolute Gasteiger partial charge is 0.464 e. The second kappa shape index (κ2) is 13.8. The molecule has 0 aliphatic carbocycles. The summed E-state index contributed by atoms with van der Waals surface area (Å²) in [5.41, 5.74) is 3.78. The van der Waals surface area contributed by atoms with Crippen molar-refractivity contribution < 1.29 is 14.3 Å². The zero-order chi connectivity index (χ0) is 24.1. The smallest absolute Gasteiger partial charge is 0.331 e. The molecule has 0 bridgehead atoms. The van der Waals surface area contributed by atoms with Crippen molar-refractivity contribution in [2.75, 3.05) is 27.3 Å². The van der Waals surface area contributed by atoms with Crippen LogP contribution in [0.4, 0.5) is 0 Å². The van der Waals surface area contributed by atoms with Gasteiger partial charge >= 0.3 is 5.97 Å². The standard InChI is InChI=1S/C29H39NO3/c1-6-33-28(31)29(30(4)5,27-18-11-8-12-19-27)22-25(3)15-13-14-24(2)20-21-32-23-26-16-9-7-10-17-26/h7-12,15-20H,6,13-14,21-23H2,1-5H3/b24-20+,25-15-. The van der Waals surface area contributed by atoms with Crippen molar-refractivity contribution in [1.82, 2.24) is 4.90 Å². The Bertz CT molecular complexity index is 903. The lowest BCUT2D eigenvalue weighted by molar-refractivity contribution is -0.157. The Balaban J connectivity index is 1.98. The molecule has 2 aromatic carbocycles. The molecule has 33 heavy (non-hydrogen) atoms. The van der Waals surface area contributed by atoms with Crippen molar-refractivity contribution in [2.24, 2.45) is 0 Å². The number of hydrogen-bond donors (Lipinski definition) is 0. The number of nitrogens with zero attached hydrogens (tertiary/aromatic N) is 1. The summed E-state index contributed by atoms with van der Waals surface area (Å²) < 4.78 is 11.3. The van der Waals surface area contributed by atoms with Crippen LogP contribution in [0, 0.1) is 0 Å². The molecule has 0 N–H and O–H groups in total. The highest BCUT2D eigenvalue weighted by atomic mass is 16.5. The van der Waals surface area contributed by atoms with Crippen LogP contribution in [0.15, 0.2) is 84.0 Å². The fourth-order valence-corrected chi connectivity index (χ4v) is 3.93. The Labute approximate surface area is 199 Å². The van der Waals surface area contributed by atoms with Gasteiger partial charge in [0.15, 0.2) is 0 Å². The molecule has 0 fully saturated rings. The number of hydrogen-bond acceptors (Lipinski definition) is 4. The first kappa shape index (κ1) is 26.6. The Morgan fingerprint density at radius 2 is 1.58 bits per heavy atom. The molecule has 0 radical (unpaired) electrons. The van der Waals surface area contributed by atoms with Gasteiger partial charge in [0.1, 0.15) is 5.54 Å². The summed E-state index contributed by atoms with van der Waals surface area (Å²) in [5, 5.41) is 0. The zero-order valence-corrected chi connectivity index (χ0v) is 20.8. The van der Waals surface area contributed by atoms with E-state index in [1.807, 2.05) is 74.4 Å². The van der Waals surface area contributed by atoms with Crippen molar-refractivity contribution in [3.8, 4) is 0 Å². The molecule has 0 saturated heterocycles. The van der Waals surface area contributed by atoms with E-state index in [0.29, 0.717) is 26.2 Å². The quantitative estimate of drug-likeness (QED) is 0.205. The molecule has 4 nitrogen and oxygen atoms in total. The summed E-state index contributed by atoms with van der Waals surface area (Å²) in [5.74, 6) is -0.208. The molecule has 178 valence electrons. The van der Waals surface area contributed by atoms with Gasteiger partial charge in [-0.05, 0) is 58.8 Å². The van der Waals surface area contributed by atoms with E-state index in [2.05, 4.69) is 38.1 Å². The summed E-state index contributed by atoms with van der Waals surface area (Å²) in [4.78, 5) is 15.1. The van der Waals surface area contributed by atoms with E-state index < -0.39 is 5.54 Å². The zero-order valence-electron chi connectivity index (χ0n) is 20.8. The highest BCUT2D eigenvalue weighted by Gasteiger charge is 2.44. The molecule has 0 aromatic heterocycles. The molecule has 4 heteroatoms. The van der Waals surface area contributed by atoms with Gasteiger partial charge in [-0.3, -0.25) is 4.90 Å². The first-order valence-corrected chi connectivity index (χ1v) is 11.7. The molecular formula is C29H39NO3. The molecular weight excluding hydrogens is 410 g/mol. The number of benzene rings is 2. The van der Waals surface area contributed by atoms with Crippen LogP contribution in [0.1, 0.15) is 51.2 Å². The van der Waals surface area contributed by atoms with E-state index in [-0.39, 0.29) is 5.97 Å². The van der Waals surface area contributed by atoms with Crippen LogP contribution in [0.2, 0.25) is 0 Å². The third kappa shape index (κ3) is 7.99. The second-order valence-corrected chi connectivity index (χ2v) is 8.66. The van der Waals surface area contributed by atoms with Crippen molar-refractivity contribution in [1.29, 1.82) is 0 Å². The van der Waals surface area contributed by atoms with Gasteiger partial charge in [0.05, 0.1) is 19.8 Å². The molecule has 0 aliphatic rings. The van der Waals surface area contributed by atoms with Gasteiger partial charge in [-0.1, -0.05) is 84.0 Å².